The quantitative estimate of drug-likeness (QED) is 0.726. The van der Waals surface area contributed by atoms with Gasteiger partial charge in [0.1, 0.15) is 5.82 Å². The van der Waals surface area contributed by atoms with E-state index < -0.39 is 11.1 Å². The van der Waals surface area contributed by atoms with Crippen molar-refractivity contribution in [2.75, 3.05) is 5.32 Å². The van der Waals surface area contributed by atoms with Gasteiger partial charge in [-0.05, 0) is 25.5 Å². The Balaban J connectivity index is 2.87. The fraction of sp³-hybridized carbons (Fsp3) is 0.300. The number of carbonyl (C=O) groups excluding carboxylic acids is 1. The Bertz CT molecular complexity index is 352. The number of aryl methyl sites for hydroxylation is 1. The lowest BCUT2D eigenvalue weighted by atomic mass is 10.2. The van der Waals surface area contributed by atoms with Crippen LogP contribution in [-0.2, 0) is 4.79 Å². The van der Waals surface area contributed by atoms with Crippen LogP contribution in [0.2, 0.25) is 0 Å². The van der Waals surface area contributed by atoms with E-state index in [0.717, 1.165) is 0 Å². The number of hydrogen-bond acceptors (Lipinski definition) is 2. The molecule has 0 fully saturated rings. The summed E-state index contributed by atoms with van der Waals surface area (Å²) in [5.41, 5.74) is 0.713. The molecule has 0 saturated carbocycles. The maximum absolute atomic E-state index is 13.4. The number of nitrogens with one attached hydrogen (secondary N) is 1. The van der Waals surface area contributed by atoms with Crippen molar-refractivity contribution in [3.05, 3.63) is 29.6 Å². The second kappa shape index (κ2) is 4.46. The Kier molecular flexibility index (Phi) is 3.52. The number of rotatable bonds is 2. The standard InChI is InChI=1S/C10H12FNOS/c1-6-4-3-5-8(9(6)11)12-10(13)7(2)14/h3-5,7,14H,1-2H3,(H,12,13). The summed E-state index contributed by atoms with van der Waals surface area (Å²) in [7, 11) is 0. The smallest absolute Gasteiger partial charge is 0.237 e. The molecule has 1 aromatic rings. The van der Waals surface area contributed by atoms with Crippen molar-refractivity contribution in [2.24, 2.45) is 0 Å². The highest BCUT2D eigenvalue weighted by Crippen LogP contribution is 2.17. The lowest BCUT2D eigenvalue weighted by Crippen LogP contribution is -2.21. The van der Waals surface area contributed by atoms with E-state index in [2.05, 4.69) is 17.9 Å². The average molecular weight is 213 g/mol. The van der Waals surface area contributed by atoms with Gasteiger partial charge in [-0.3, -0.25) is 4.79 Å². The highest BCUT2D eigenvalue weighted by Gasteiger charge is 2.11. The van der Waals surface area contributed by atoms with Crippen LogP contribution < -0.4 is 5.32 Å². The molecular formula is C10H12FNOS. The molecule has 76 valence electrons. The molecule has 0 saturated heterocycles. The third kappa shape index (κ3) is 2.48. The first kappa shape index (κ1) is 11.0. The Labute approximate surface area is 87.9 Å². The van der Waals surface area contributed by atoms with E-state index >= 15 is 0 Å². The van der Waals surface area contributed by atoms with Crippen LogP contribution in [0.3, 0.4) is 0 Å². The molecule has 1 atom stereocenters. The first-order valence-electron chi connectivity index (χ1n) is 4.26. The first-order chi connectivity index (χ1) is 6.52. The highest BCUT2D eigenvalue weighted by atomic mass is 32.1. The van der Waals surface area contributed by atoms with Gasteiger partial charge in [0, 0.05) is 0 Å². The SMILES string of the molecule is Cc1cccc(NC(=O)C(C)S)c1F. The molecule has 0 bridgehead atoms. The minimum Gasteiger partial charge on any atom is -0.323 e. The second-order valence-electron chi connectivity index (χ2n) is 3.10. The summed E-state index contributed by atoms with van der Waals surface area (Å²) in [6.07, 6.45) is 0. The largest absolute Gasteiger partial charge is 0.323 e. The normalized spacial score (nSPS) is 12.3. The maximum atomic E-state index is 13.4. The molecule has 0 aromatic heterocycles. The minimum absolute atomic E-state index is 0.205. The molecule has 0 aliphatic heterocycles. The van der Waals surface area contributed by atoms with Crippen molar-refractivity contribution in [1.29, 1.82) is 0 Å². The van der Waals surface area contributed by atoms with E-state index in [9.17, 15) is 9.18 Å². The predicted molar refractivity (Wildman–Crippen MR) is 58.2 cm³/mol. The van der Waals surface area contributed by atoms with Gasteiger partial charge in [-0.15, -0.1) is 0 Å². The van der Waals surface area contributed by atoms with Gasteiger partial charge in [-0.25, -0.2) is 4.39 Å². The summed E-state index contributed by atoms with van der Waals surface area (Å²) < 4.78 is 13.4. The zero-order chi connectivity index (χ0) is 10.7. The molecule has 1 aromatic carbocycles. The molecule has 4 heteroatoms. The Hall–Kier alpha value is -1.03. The van der Waals surface area contributed by atoms with E-state index in [1.165, 1.54) is 6.07 Å². The summed E-state index contributed by atoms with van der Waals surface area (Å²) in [6, 6.07) is 4.86. The lowest BCUT2D eigenvalue weighted by Gasteiger charge is -2.09. The van der Waals surface area contributed by atoms with E-state index in [1.54, 1.807) is 26.0 Å². The molecule has 0 heterocycles. The number of amides is 1. The fourth-order valence-corrected chi connectivity index (χ4v) is 1.05. The number of carbonyl (C=O) groups is 1. The summed E-state index contributed by atoms with van der Waals surface area (Å²) in [6.45, 7) is 3.28. The Morgan fingerprint density at radius 3 is 2.79 bits per heavy atom. The Morgan fingerprint density at radius 2 is 2.21 bits per heavy atom. The van der Waals surface area contributed by atoms with Crippen LogP contribution in [0.25, 0.3) is 0 Å². The van der Waals surface area contributed by atoms with Crippen molar-refractivity contribution < 1.29 is 9.18 Å². The second-order valence-corrected chi connectivity index (χ2v) is 3.88. The summed E-state index contributed by atoms with van der Waals surface area (Å²) in [4.78, 5) is 11.2. The van der Waals surface area contributed by atoms with Crippen LogP contribution in [-0.4, -0.2) is 11.2 Å². The van der Waals surface area contributed by atoms with Crippen molar-refractivity contribution in [3.8, 4) is 0 Å². The molecule has 1 amide bonds. The van der Waals surface area contributed by atoms with E-state index in [1.807, 2.05) is 0 Å². The van der Waals surface area contributed by atoms with E-state index in [4.69, 9.17) is 0 Å². The molecule has 0 spiro atoms. The van der Waals surface area contributed by atoms with Gasteiger partial charge in [0.15, 0.2) is 0 Å². The minimum atomic E-state index is -0.449. The number of halogens is 1. The third-order valence-electron chi connectivity index (χ3n) is 1.83. The molecule has 0 radical (unpaired) electrons. The Morgan fingerprint density at radius 1 is 1.57 bits per heavy atom. The van der Waals surface area contributed by atoms with Crippen LogP contribution in [0.1, 0.15) is 12.5 Å². The summed E-state index contributed by atoms with van der Waals surface area (Å²) in [5.74, 6) is -0.701. The number of anilines is 1. The van der Waals surface area contributed by atoms with Gasteiger partial charge < -0.3 is 5.32 Å². The summed E-state index contributed by atoms with van der Waals surface area (Å²) >= 11 is 3.95. The van der Waals surface area contributed by atoms with Gasteiger partial charge >= 0.3 is 0 Å². The van der Waals surface area contributed by atoms with Gasteiger partial charge in [0.2, 0.25) is 5.91 Å². The molecule has 0 aliphatic carbocycles. The third-order valence-corrected chi connectivity index (χ3v) is 2.06. The highest BCUT2D eigenvalue weighted by molar-refractivity contribution is 7.81. The van der Waals surface area contributed by atoms with E-state index in [0.29, 0.717) is 5.56 Å². The molecular weight excluding hydrogens is 201 g/mol. The van der Waals surface area contributed by atoms with Crippen LogP contribution in [0.5, 0.6) is 0 Å². The zero-order valence-corrected chi connectivity index (χ0v) is 8.94. The molecule has 1 N–H and O–H groups in total. The molecule has 2 nitrogen and oxygen atoms in total. The number of thiol groups is 1. The van der Waals surface area contributed by atoms with Crippen LogP contribution in [0, 0.1) is 12.7 Å². The van der Waals surface area contributed by atoms with Gasteiger partial charge in [0.05, 0.1) is 10.9 Å². The number of benzene rings is 1. The van der Waals surface area contributed by atoms with Crippen LogP contribution in [0.15, 0.2) is 18.2 Å². The molecule has 14 heavy (non-hydrogen) atoms. The van der Waals surface area contributed by atoms with Crippen molar-refractivity contribution in [2.45, 2.75) is 19.1 Å². The average Bonchev–Trinajstić information content (AvgIpc) is 2.12. The zero-order valence-electron chi connectivity index (χ0n) is 8.04. The van der Waals surface area contributed by atoms with Gasteiger partial charge in [0.25, 0.3) is 0 Å². The van der Waals surface area contributed by atoms with Crippen molar-refractivity contribution >= 4 is 24.2 Å². The number of hydrogen-bond donors (Lipinski definition) is 2. The van der Waals surface area contributed by atoms with Crippen molar-refractivity contribution in [3.63, 3.8) is 0 Å². The lowest BCUT2D eigenvalue weighted by molar-refractivity contribution is -0.115. The topological polar surface area (TPSA) is 29.1 Å². The molecule has 1 unspecified atom stereocenters. The van der Waals surface area contributed by atoms with Gasteiger partial charge in [-0.2, -0.15) is 12.6 Å². The molecule has 0 aliphatic rings. The van der Waals surface area contributed by atoms with Gasteiger partial charge in [-0.1, -0.05) is 12.1 Å². The van der Waals surface area contributed by atoms with Crippen molar-refractivity contribution in [1.82, 2.24) is 0 Å². The van der Waals surface area contributed by atoms with Crippen LogP contribution >= 0.6 is 12.6 Å². The first-order valence-corrected chi connectivity index (χ1v) is 4.78. The maximum Gasteiger partial charge on any atom is 0.237 e. The predicted octanol–water partition coefficient (Wildman–Crippen LogP) is 2.39. The molecule has 1 rings (SSSR count). The monoisotopic (exact) mass is 213 g/mol. The van der Waals surface area contributed by atoms with E-state index in [-0.39, 0.29) is 11.6 Å². The summed E-state index contributed by atoms with van der Waals surface area (Å²) in [5, 5.41) is 2.01. The van der Waals surface area contributed by atoms with Crippen LogP contribution in [0.4, 0.5) is 10.1 Å². The fourth-order valence-electron chi connectivity index (χ4n) is 0.981.